The van der Waals surface area contributed by atoms with Crippen LogP contribution in [0.1, 0.15) is 38.2 Å². The van der Waals surface area contributed by atoms with Crippen molar-refractivity contribution in [2.24, 2.45) is 0 Å². The lowest BCUT2D eigenvalue weighted by Crippen LogP contribution is -2.35. The van der Waals surface area contributed by atoms with Gasteiger partial charge in [-0.1, -0.05) is 18.6 Å². The summed E-state index contributed by atoms with van der Waals surface area (Å²) in [5, 5.41) is 2.84. The number of piperidine rings is 1. The number of ether oxygens (including phenoxy) is 1. The number of carbonyl (C=O) groups is 1. The van der Waals surface area contributed by atoms with E-state index in [1.165, 1.54) is 0 Å². The van der Waals surface area contributed by atoms with Crippen molar-refractivity contribution < 1.29 is 17.9 Å². The molecule has 0 unspecified atom stereocenters. The second kappa shape index (κ2) is 9.89. The highest BCUT2D eigenvalue weighted by molar-refractivity contribution is 7.89. The zero-order chi connectivity index (χ0) is 18.1. The van der Waals surface area contributed by atoms with Gasteiger partial charge in [0.2, 0.25) is 15.9 Å². The number of hydrogen-bond donors (Lipinski definition) is 1. The minimum Gasteiger partial charge on any atom is -0.382 e. The standard InChI is InChI=1S/C18H28N2O4S/c1-2-24-14-6-11-19-18(21)15-16-7-9-17(10-8-16)25(22,23)20-12-4-3-5-13-20/h7-10H,2-6,11-15H2,1H3,(H,19,21). The molecular formula is C18H28N2O4S. The molecule has 1 aliphatic rings. The number of nitrogens with zero attached hydrogens (tertiary/aromatic N) is 1. The number of nitrogens with one attached hydrogen (secondary N) is 1. The lowest BCUT2D eigenvalue weighted by molar-refractivity contribution is -0.120. The Morgan fingerprint density at radius 1 is 1.16 bits per heavy atom. The van der Waals surface area contributed by atoms with Crippen LogP contribution in [0.25, 0.3) is 0 Å². The fraction of sp³-hybridized carbons (Fsp3) is 0.611. The molecule has 1 amide bonds. The molecule has 0 atom stereocenters. The van der Waals surface area contributed by atoms with Gasteiger partial charge in [-0.05, 0) is 43.9 Å². The van der Waals surface area contributed by atoms with Crippen molar-refractivity contribution in [3.05, 3.63) is 29.8 Å². The van der Waals surface area contributed by atoms with Crippen molar-refractivity contribution in [1.82, 2.24) is 9.62 Å². The molecule has 1 N–H and O–H groups in total. The van der Waals surface area contributed by atoms with E-state index < -0.39 is 10.0 Å². The summed E-state index contributed by atoms with van der Waals surface area (Å²) in [5.74, 6) is -0.0665. The third kappa shape index (κ3) is 6.09. The van der Waals surface area contributed by atoms with Gasteiger partial charge in [0.25, 0.3) is 0 Å². The minimum atomic E-state index is -3.41. The van der Waals surface area contributed by atoms with Gasteiger partial charge in [0.15, 0.2) is 0 Å². The van der Waals surface area contributed by atoms with Gasteiger partial charge in [-0.15, -0.1) is 0 Å². The van der Waals surface area contributed by atoms with Gasteiger partial charge in [0, 0.05) is 32.8 Å². The monoisotopic (exact) mass is 368 g/mol. The summed E-state index contributed by atoms with van der Waals surface area (Å²) >= 11 is 0. The maximum atomic E-state index is 12.6. The molecule has 7 heteroatoms. The summed E-state index contributed by atoms with van der Waals surface area (Å²) in [6.07, 6.45) is 3.96. The fourth-order valence-electron chi connectivity index (χ4n) is 2.83. The number of hydrogen-bond acceptors (Lipinski definition) is 4. The van der Waals surface area contributed by atoms with Crippen LogP contribution < -0.4 is 5.32 Å². The van der Waals surface area contributed by atoms with Crippen LogP contribution in [0.2, 0.25) is 0 Å². The molecule has 1 aromatic carbocycles. The van der Waals surface area contributed by atoms with Gasteiger partial charge in [-0.2, -0.15) is 4.31 Å². The predicted octanol–water partition coefficient (Wildman–Crippen LogP) is 1.95. The first-order valence-corrected chi connectivity index (χ1v) is 10.4. The highest BCUT2D eigenvalue weighted by Crippen LogP contribution is 2.20. The van der Waals surface area contributed by atoms with Gasteiger partial charge >= 0.3 is 0 Å². The van der Waals surface area contributed by atoms with Gasteiger partial charge in [0.1, 0.15) is 0 Å². The molecule has 0 saturated carbocycles. The summed E-state index contributed by atoms with van der Waals surface area (Å²) in [5.41, 5.74) is 0.805. The maximum absolute atomic E-state index is 12.6. The number of benzene rings is 1. The SMILES string of the molecule is CCOCCCNC(=O)Cc1ccc(S(=O)(=O)N2CCCCC2)cc1. The van der Waals surface area contributed by atoms with E-state index in [-0.39, 0.29) is 12.3 Å². The van der Waals surface area contributed by atoms with E-state index >= 15 is 0 Å². The molecule has 0 radical (unpaired) electrons. The Kier molecular flexibility index (Phi) is 7.87. The van der Waals surface area contributed by atoms with Crippen LogP contribution in [0.3, 0.4) is 0 Å². The molecule has 0 bridgehead atoms. The van der Waals surface area contributed by atoms with E-state index in [1.54, 1.807) is 28.6 Å². The second-order valence-corrected chi connectivity index (χ2v) is 8.12. The lowest BCUT2D eigenvalue weighted by Gasteiger charge is -2.25. The van der Waals surface area contributed by atoms with Crippen molar-refractivity contribution in [3.63, 3.8) is 0 Å². The number of carbonyl (C=O) groups excluding carboxylic acids is 1. The largest absolute Gasteiger partial charge is 0.382 e. The zero-order valence-electron chi connectivity index (χ0n) is 14.9. The third-order valence-electron chi connectivity index (χ3n) is 4.23. The molecule has 0 spiro atoms. The Morgan fingerprint density at radius 2 is 1.84 bits per heavy atom. The van der Waals surface area contributed by atoms with Crippen LogP contribution in [0.4, 0.5) is 0 Å². The minimum absolute atomic E-state index is 0.0665. The molecule has 0 aliphatic carbocycles. The molecular weight excluding hydrogens is 340 g/mol. The van der Waals surface area contributed by atoms with Crippen LogP contribution in [0.15, 0.2) is 29.2 Å². The molecule has 1 heterocycles. The first-order valence-electron chi connectivity index (χ1n) is 8.97. The van der Waals surface area contributed by atoms with Gasteiger partial charge in [-0.25, -0.2) is 8.42 Å². The number of sulfonamides is 1. The van der Waals surface area contributed by atoms with Crippen LogP contribution in [-0.4, -0.2) is 51.5 Å². The van der Waals surface area contributed by atoms with Crippen LogP contribution >= 0.6 is 0 Å². The lowest BCUT2D eigenvalue weighted by atomic mass is 10.1. The van der Waals surface area contributed by atoms with Crippen molar-refractivity contribution in [1.29, 1.82) is 0 Å². The fourth-order valence-corrected chi connectivity index (χ4v) is 4.34. The molecule has 1 aromatic rings. The van der Waals surface area contributed by atoms with E-state index in [1.807, 2.05) is 6.92 Å². The van der Waals surface area contributed by atoms with Crippen molar-refractivity contribution >= 4 is 15.9 Å². The topological polar surface area (TPSA) is 75.7 Å². The Bertz CT molecular complexity index is 638. The molecule has 1 aliphatic heterocycles. The Morgan fingerprint density at radius 3 is 2.48 bits per heavy atom. The quantitative estimate of drug-likeness (QED) is 0.676. The van der Waals surface area contributed by atoms with Crippen LogP contribution in [-0.2, 0) is 26.0 Å². The maximum Gasteiger partial charge on any atom is 0.243 e. The summed E-state index contributed by atoms with van der Waals surface area (Å²) in [6.45, 7) is 5.02. The van der Waals surface area contributed by atoms with Crippen LogP contribution in [0, 0.1) is 0 Å². The smallest absolute Gasteiger partial charge is 0.243 e. The molecule has 1 saturated heterocycles. The molecule has 0 aromatic heterocycles. The Hall–Kier alpha value is -1.44. The molecule has 2 rings (SSSR count). The van der Waals surface area contributed by atoms with Crippen molar-refractivity contribution in [2.45, 2.75) is 43.9 Å². The highest BCUT2D eigenvalue weighted by atomic mass is 32.2. The van der Waals surface area contributed by atoms with Gasteiger partial charge in [-0.3, -0.25) is 4.79 Å². The second-order valence-electron chi connectivity index (χ2n) is 6.19. The summed E-state index contributed by atoms with van der Waals surface area (Å²) in [7, 11) is -3.41. The molecule has 6 nitrogen and oxygen atoms in total. The van der Waals surface area contributed by atoms with Crippen molar-refractivity contribution in [2.75, 3.05) is 32.8 Å². The van der Waals surface area contributed by atoms with E-state index in [0.717, 1.165) is 31.2 Å². The summed E-state index contributed by atoms with van der Waals surface area (Å²) in [6, 6.07) is 6.64. The number of rotatable bonds is 9. The predicted molar refractivity (Wildman–Crippen MR) is 96.9 cm³/mol. The van der Waals surface area contributed by atoms with E-state index in [4.69, 9.17) is 4.74 Å². The summed E-state index contributed by atoms with van der Waals surface area (Å²) < 4.78 is 31.9. The number of amides is 1. The highest BCUT2D eigenvalue weighted by Gasteiger charge is 2.25. The first kappa shape index (κ1) is 19.9. The molecule has 1 fully saturated rings. The normalized spacial score (nSPS) is 15.9. The first-order chi connectivity index (χ1) is 12.0. The van der Waals surface area contributed by atoms with E-state index in [0.29, 0.717) is 37.7 Å². The van der Waals surface area contributed by atoms with E-state index in [9.17, 15) is 13.2 Å². The average molecular weight is 368 g/mol. The molecule has 25 heavy (non-hydrogen) atoms. The van der Waals surface area contributed by atoms with Crippen LogP contribution in [0.5, 0.6) is 0 Å². The van der Waals surface area contributed by atoms with E-state index in [2.05, 4.69) is 5.32 Å². The van der Waals surface area contributed by atoms with Gasteiger partial charge < -0.3 is 10.1 Å². The van der Waals surface area contributed by atoms with Gasteiger partial charge in [0.05, 0.1) is 11.3 Å². The third-order valence-corrected chi connectivity index (χ3v) is 6.15. The Balaban J connectivity index is 1.85. The Labute approximate surface area is 150 Å². The average Bonchev–Trinajstić information content (AvgIpc) is 2.63. The zero-order valence-corrected chi connectivity index (χ0v) is 15.7. The van der Waals surface area contributed by atoms with Crippen molar-refractivity contribution in [3.8, 4) is 0 Å². The summed E-state index contributed by atoms with van der Waals surface area (Å²) in [4.78, 5) is 12.2. The molecule has 140 valence electrons.